The predicted octanol–water partition coefficient (Wildman–Crippen LogP) is 6.36. The van der Waals surface area contributed by atoms with Gasteiger partial charge in [-0.25, -0.2) is 0 Å². The first-order valence-corrected chi connectivity index (χ1v) is 12.2. The molecule has 1 aliphatic heterocycles. The Morgan fingerprint density at radius 3 is 2.29 bits per heavy atom. The molecule has 0 radical (unpaired) electrons. The third-order valence-electron chi connectivity index (χ3n) is 5.76. The number of ether oxygens (including phenoxy) is 1. The number of carbonyl (C=O) groups is 1. The molecule has 0 atom stereocenters. The van der Waals surface area contributed by atoms with E-state index in [0.717, 1.165) is 54.7 Å². The number of hydrogen-bond acceptors (Lipinski definition) is 4. The van der Waals surface area contributed by atoms with E-state index >= 15 is 0 Å². The van der Waals surface area contributed by atoms with Gasteiger partial charge in [0.2, 0.25) is 0 Å². The number of nitrogens with one attached hydrogen (secondary N) is 1. The number of hydrogen-bond donors (Lipinski definition) is 1. The lowest BCUT2D eigenvalue weighted by atomic mass is 10.1. The molecule has 1 aliphatic rings. The molecule has 1 saturated heterocycles. The van der Waals surface area contributed by atoms with E-state index < -0.39 is 0 Å². The lowest BCUT2D eigenvalue weighted by molar-refractivity contribution is 0.102. The van der Waals surface area contributed by atoms with Gasteiger partial charge in [-0.1, -0.05) is 41.4 Å². The molecule has 4 rings (SSSR count). The second-order valence-electron chi connectivity index (χ2n) is 8.67. The molecule has 178 valence electrons. The molecule has 0 aliphatic carbocycles. The average Bonchev–Trinajstić information content (AvgIpc) is 2.81. The molecule has 5 nitrogen and oxygen atoms in total. The molecule has 0 spiro atoms. The van der Waals surface area contributed by atoms with Crippen LogP contribution in [0.2, 0.25) is 10.0 Å². The van der Waals surface area contributed by atoms with Gasteiger partial charge in [0.1, 0.15) is 5.75 Å². The first-order chi connectivity index (χ1) is 16.4. The van der Waals surface area contributed by atoms with E-state index in [9.17, 15) is 4.79 Å². The van der Waals surface area contributed by atoms with Crippen LogP contribution in [0.25, 0.3) is 0 Å². The van der Waals surface area contributed by atoms with Crippen LogP contribution in [-0.4, -0.2) is 43.1 Å². The van der Waals surface area contributed by atoms with Crippen molar-refractivity contribution in [3.63, 3.8) is 0 Å². The first-order valence-electron chi connectivity index (χ1n) is 11.5. The highest BCUT2D eigenvalue weighted by Gasteiger charge is 2.20. The van der Waals surface area contributed by atoms with Crippen molar-refractivity contribution >= 4 is 40.5 Å². The predicted molar refractivity (Wildman–Crippen MR) is 141 cm³/mol. The van der Waals surface area contributed by atoms with Crippen LogP contribution in [0.5, 0.6) is 5.75 Å². The monoisotopic (exact) mass is 497 g/mol. The molecule has 0 bridgehead atoms. The maximum absolute atomic E-state index is 12.6. The van der Waals surface area contributed by atoms with Crippen LogP contribution in [0.3, 0.4) is 0 Å². The van der Waals surface area contributed by atoms with Gasteiger partial charge in [0.05, 0.1) is 16.8 Å². The molecular formula is C27H29Cl2N3O2. The summed E-state index contributed by atoms with van der Waals surface area (Å²) in [6.45, 7) is 8.38. The molecule has 1 N–H and O–H groups in total. The lowest BCUT2D eigenvalue weighted by Gasteiger charge is -2.36. The van der Waals surface area contributed by atoms with Crippen molar-refractivity contribution in [2.45, 2.75) is 26.5 Å². The van der Waals surface area contributed by atoms with E-state index in [1.54, 1.807) is 30.3 Å². The minimum Gasteiger partial charge on any atom is -0.491 e. The summed E-state index contributed by atoms with van der Waals surface area (Å²) < 4.78 is 5.63. The van der Waals surface area contributed by atoms with Crippen LogP contribution in [0.15, 0.2) is 66.7 Å². The summed E-state index contributed by atoms with van der Waals surface area (Å²) in [5.41, 5.74) is 3.36. The van der Waals surface area contributed by atoms with Gasteiger partial charge >= 0.3 is 0 Å². The van der Waals surface area contributed by atoms with Crippen LogP contribution in [0.4, 0.5) is 11.4 Å². The van der Waals surface area contributed by atoms with Crippen molar-refractivity contribution in [2.75, 3.05) is 36.4 Å². The maximum atomic E-state index is 12.6. The first kappa shape index (κ1) is 24.4. The molecule has 3 aromatic rings. The van der Waals surface area contributed by atoms with Crippen molar-refractivity contribution in [1.82, 2.24) is 4.90 Å². The molecule has 7 heteroatoms. The van der Waals surface area contributed by atoms with E-state index in [4.69, 9.17) is 27.9 Å². The molecule has 1 fully saturated rings. The molecular weight excluding hydrogens is 469 g/mol. The highest BCUT2D eigenvalue weighted by Crippen LogP contribution is 2.30. The van der Waals surface area contributed by atoms with Gasteiger partial charge in [-0.05, 0) is 67.9 Å². The lowest BCUT2D eigenvalue weighted by Crippen LogP contribution is -2.46. The molecule has 0 aromatic heterocycles. The van der Waals surface area contributed by atoms with Crippen LogP contribution in [0, 0.1) is 0 Å². The summed E-state index contributed by atoms with van der Waals surface area (Å²) in [7, 11) is 0. The maximum Gasteiger partial charge on any atom is 0.255 e. The quantitative estimate of drug-likeness (QED) is 0.412. The summed E-state index contributed by atoms with van der Waals surface area (Å²) in [6, 6.07) is 20.8. The summed E-state index contributed by atoms with van der Waals surface area (Å²) >= 11 is 12.9. The number of amides is 1. The molecule has 0 unspecified atom stereocenters. The van der Waals surface area contributed by atoms with Crippen molar-refractivity contribution in [1.29, 1.82) is 0 Å². The van der Waals surface area contributed by atoms with E-state index in [1.807, 2.05) is 44.2 Å². The fourth-order valence-corrected chi connectivity index (χ4v) is 4.51. The second kappa shape index (κ2) is 11.1. The molecule has 34 heavy (non-hydrogen) atoms. The Morgan fingerprint density at radius 1 is 0.941 bits per heavy atom. The van der Waals surface area contributed by atoms with Gasteiger partial charge in [0, 0.05) is 49.0 Å². The van der Waals surface area contributed by atoms with Crippen molar-refractivity contribution in [3.8, 4) is 5.75 Å². The zero-order chi connectivity index (χ0) is 24.1. The molecule has 1 heterocycles. The van der Waals surface area contributed by atoms with Crippen molar-refractivity contribution in [2.24, 2.45) is 0 Å². The fourth-order valence-electron chi connectivity index (χ4n) is 4.02. The highest BCUT2D eigenvalue weighted by molar-refractivity contribution is 6.33. The number of anilines is 2. The SMILES string of the molecule is CC(C)Oc1ccc(C(=O)Nc2ccc(N3CCN(Cc4ccccc4Cl)CC3)c(Cl)c2)cc1. The van der Waals surface area contributed by atoms with Gasteiger partial charge in [-0.15, -0.1) is 0 Å². The van der Waals surface area contributed by atoms with Crippen molar-refractivity contribution < 1.29 is 9.53 Å². The number of piperazine rings is 1. The smallest absolute Gasteiger partial charge is 0.255 e. The van der Waals surface area contributed by atoms with E-state index in [1.165, 1.54) is 0 Å². The number of benzene rings is 3. The van der Waals surface area contributed by atoms with Crippen LogP contribution in [0.1, 0.15) is 29.8 Å². The Hall–Kier alpha value is -2.73. The Kier molecular flexibility index (Phi) is 7.99. The number of halogens is 2. The van der Waals surface area contributed by atoms with E-state index in [0.29, 0.717) is 16.3 Å². The normalized spacial score (nSPS) is 14.3. The minimum atomic E-state index is -0.187. The number of nitrogens with zero attached hydrogens (tertiary/aromatic N) is 2. The molecule has 1 amide bonds. The van der Waals surface area contributed by atoms with Gasteiger partial charge < -0.3 is 15.0 Å². The van der Waals surface area contributed by atoms with Crippen LogP contribution in [-0.2, 0) is 6.54 Å². The van der Waals surface area contributed by atoms with Gasteiger partial charge in [-0.2, -0.15) is 0 Å². The topological polar surface area (TPSA) is 44.8 Å². The summed E-state index contributed by atoms with van der Waals surface area (Å²) in [5.74, 6) is 0.555. The fraction of sp³-hybridized carbons (Fsp3) is 0.296. The summed E-state index contributed by atoms with van der Waals surface area (Å²) in [5, 5.41) is 4.36. The van der Waals surface area contributed by atoms with Crippen molar-refractivity contribution in [3.05, 3.63) is 87.9 Å². The third-order valence-corrected chi connectivity index (χ3v) is 6.43. The van der Waals surface area contributed by atoms with E-state index in [-0.39, 0.29) is 12.0 Å². The zero-order valence-electron chi connectivity index (χ0n) is 19.4. The highest BCUT2D eigenvalue weighted by atomic mass is 35.5. The van der Waals surface area contributed by atoms with E-state index in [2.05, 4.69) is 21.2 Å². The average molecular weight is 498 g/mol. The Morgan fingerprint density at radius 2 is 1.65 bits per heavy atom. The van der Waals surface area contributed by atoms with Crippen LogP contribution >= 0.6 is 23.2 Å². The summed E-state index contributed by atoms with van der Waals surface area (Å²) in [6.07, 6.45) is 0.0886. The zero-order valence-corrected chi connectivity index (χ0v) is 20.9. The standard InChI is InChI=1S/C27H29Cl2N3O2/c1-19(2)34-23-10-7-20(8-11-23)27(33)30-22-9-12-26(25(29)17-22)32-15-13-31(14-16-32)18-21-5-3-4-6-24(21)28/h3-12,17,19H,13-16,18H2,1-2H3,(H,30,33). The van der Waals surface area contributed by atoms with Gasteiger partial charge in [-0.3, -0.25) is 9.69 Å². The van der Waals surface area contributed by atoms with Gasteiger partial charge in [0.15, 0.2) is 0 Å². The minimum absolute atomic E-state index is 0.0886. The Labute approximate surface area is 211 Å². The molecule has 3 aromatic carbocycles. The molecule has 0 saturated carbocycles. The third kappa shape index (κ3) is 6.23. The number of carbonyl (C=O) groups excluding carboxylic acids is 1. The summed E-state index contributed by atoms with van der Waals surface area (Å²) in [4.78, 5) is 17.3. The largest absolute Gasteiger partial charge is 0.491 e. The number of rotatable bonds is 7. The van der Waals surface area contributed by atoms with Crippen LogP contribution < -0.4 is 15.0 Å². The Balaban J connectivity index is 1.33. The Bertz CT molecular complexity index is 1130. The van der Waals surface area contributed by atoms with Gasteiger partial charge in [0.25, 0.3) is 5.91 Å². The second-order valence-corrected chi connectivity index (χ2v) is 9.48.